The van der Waals surface area contributed by atoms with Crippen molar-refractivity contribution in [1.29, 1.82) is 0 Å². The van der Waals surface area contributed by atoms with E-state index in [1.807, 2.05) is 37.3 Å². The van der Waals surface area contributed by atoms with Crippen LogP contribution >= 0.6 is 0 Å². The van der Waals surface area contributed by atoms with Crippen LogP contribution < -0.4 is 0 Å². The first-order chi connectivity index (χ1) is 11.1. The molecule has 7 heteroatoms. The third-order valence-electron chi connectivity index (χ3n) is 3.61. The van der Waals surface area contributed by atoms with Gasteiger partial charge in [-0.1, -0.05) is 35.5 Å². The Morgan fingerprint density at radius 2 is 1.91 bits per heavy atom. The van der Waals surface area contributed by atoms with Crippen LogP contribution in [0.3, 0.4) is 0 Å². The molecule has 1 atom stereocenters. The number of carbonyl (C=O) groups excluding carboxylic acids is 1. The van der Waals surface area contributed by atoms with Gasteiger partial charge in [0, 0.05) is 14.2 Å². The molecule has 0 saturated heterocycles. The Balaban J connectivity index is 2.38. The molecule has 2 rings (SSSR count). The topological polar surface area (TPSA) is 75.5 Å². The minimum absolute atomic E-state index is 0.175. The standard InChI is InChI=1S/C16H21N3O4/c1-5-23-16(21-3,22-4)15(20)14-11-17-18-19(14)12(2)13-9-7-6-8-10-13/h6-12H,5H2,1-4H3/t12-/m1/s1. The van der Waals surface area contributed by atoms with E-state index in [9.17, 15) is 4.79 Å². The van der Waals surface area contributed by atoms with Crippen LogP contribution in [-0.4, -0.2) is 47.6 Å². The Hall–Kier alpha value is -2.09. The smallest absolute Gasteiger partial charge is 0.324 e. The van der Waals surface area contributed by atoms with Crippen LogP contribution in [0.4, 0.5) is 0 Å². The van der Waals surface area contributed by atoms with Gasteiger partial charge in [-0.15, -0.1) is 5.10 Å². The lowest BCUT2D eigenvalue weighted by molar-refractivity contribution is -0.321. The van der Waals surface area contributed by atoms with Gasteiger partial charge < -0.3 is 14.2 Å². The molecule has 23 heavy (non-hydrogen) atoms. The monoisotopic (exact) mass is 319 g/mol. The van der Waals surface area contributed by atoms with Gasteiger partial charge in [-0.3, -0.25) is 4.79 Å². The lowest BCUT2D eigenvalue weighted by Gasteiger charge is -2.28. The van der Waals surface area contributed by atoms with Gasteiger partial charge in [0.15, 0.2) is 0 Å². The van der Waals surface area contributed by atoms with Crippen molar-refractivity contribution >= 4 is 5.78 Å². The van der Waals surface area contributed by atoms with Crippen LogP contribution in [0, 0.1) is 0 Å². The summed E-state index contributed by atoms with van der Waals surface area (Å²) in [4.78, 5) is 12.9. The highest BCUT2D eigenvalue weighted by Crippen LogP contribution is 2.24. The molecule has 0 aliphatic rings. The van der Waals surface area contributed by atoms with Crippen LogP contribution in [0.2, 0.25) is 0 Å². The van der Waals surface area contributed by atoms with Gasteiger partial charge >= 0.3 is 5.97 Å². The summed E-state index contributed by atoms with van der Waals surface area (Å²) < 4.78 is 17.3. The highest BCUT2D eigenvalue weighted by atomic mass is 16.9. The zero-order valence-electron chi connectivity index (χ0n) is 13.7. The van der Waals surface area contributed by atoms with Gasteiger partial charge in [-0.05, 0) is 19.4 Å². The summed E-state index contributed by atoms with van der Waals surface area (Å²) >= 11 is 0. The second-order valence-electron chi connectivity index (χ2n) is 4.88. The number of methoxy groups -OCH3 is 2. The Morgan fingerprint density at radius 3 is 2.48 bits per heavy atom. The van der Waals surface area contributed by atoms with Gasteiger partial charge in [-0.2, -0.15) is 0 Å². The SMILES string of the molecule is CCOC(OC)(OC)C(=O)c1cnnn1[C@H](C)c1ccccc1. The van der Waals surface area contributed by atoms with Gasteiger partial charge in [0.1, 0.15) is 5.69 Å². The molecule has 0 aliphatic heterocycles. The van der Waals surface area contributed by atoms with Gasteiger partial charge in [0.25, 0.3) is 5.78 Å². The van der Waals surface area contributed by atoms with Crippen molar-refractivity contribution in [3.63, 3.8) is 0 Å². The molecular formula is C16H21N3O4. The van der Waals surface area contributed by atoms with Crippen LogP contribution in [0.25, 0.3) is 0 Å². The summed E-state index contributed by atoms with van der Waals surface area (Å²) in [5, 5.41) is 7.89. The van der Waals surface area contributed by atoms with Crippen LogP contribution in [0.5, 0.6) is 0 Å². The highest BCUT2D eigenvalue weighted by Gasteiger charge is 2.43. The minimum Gasteiger partial charge on any atom is -0.324 e. The molecule has 0 aliphatic carbocycles. The maximum absolute atomic E-state index is 12.9. The Bertz CT molecular complexity index is 638. The molecule has 1 heterocycles. The summed E-state index contributed by atoms with van der Waals surface area (Å²) in [6.07, 6.45) is 1.38. The predicted octanol–water partition coefficient (Wildman–Crippen LogP) is 2.05. The normalized spacial score (nSPS) is 13.0. The summed E-state index contributed by atoms with van der Waals surface area (Å²) in [6.45, 7) is 3.94. The van der Waals surface area contributed by atoms with E-state index in [2.05, 4.69) is 10.3 Å². The highest BCUT2D eigenvalue weighted by molar-refractivity contribution is 5.99. The number of carbonyl (C=O) groups is 1. The van der Waals surface area contributed by atoms with E-state index in [0.29, 0.717) is 0 Å². The summed E-state index contributed by atoms with van der Waals surface area (Å²) in [5.41, 5.74) is 1.25. The lowest BCUT2D eigenvalue weighted by Crippen LogP contribution is -2.46. The predicted molar refractivity (Wildman–Crippen MR) is 83.0 cm³/mol. The molecule has 0 unspecified atom stereocenters. The Morgan fingerprint density at radius 1 is 1.26 bits per heavy atom. The molecule has 0 radical (unpaired) electrons. The third kappa shape index (κ3) is 3.31. The number of nitrogens with zero attached hydrogens (tertiary/aromatic N) is 3. The number of Topliss-reactive ketones (excluding diaryl/α,β-unsaturated/α-hetero) is 1. The molecular weight excluding hydrogens is 298 g/mol. The average molecular weight is 319 g/mol. The van der Waals surface area contributed by atoms with Crippen molar-refractivity contribution in [2.45, 2.75) is 25.9 Å². The molecule has 0 fully saturated rings. The molecule has 7 nitrogen and oxygen atoms in total. The molecule has 124 valence electrons. The number of aromatic nitrogens is 3. The number of benzene rings is 1. The largest absolute Gasteiger partial charge is 0.352 e. The lowest BCUT2D eigenvalue weighted by atomic mass is 10.1. The summed E-state index contributed by atoms with van der Waals surface area (Å²) in [7, 11) is 2.71. The van der Waals surface area contributed by atoms with Crippen molar-refractivity contribution in [2.24, 2.45) is 0 Å². The van der Waals surface area contributed by atoms with Gasteiger partial charge in [0.2, 0.25) is 0 Å². The zero-order chi connectivity index (χ0) is 16.9. The maximum atomic E-state index is 12.9. The molecule has 0 N–H and O–H groups in total. The summed E-state index contributed by atoms with van der Waals surface area (Å²) in [6, 6.07) is 9.54. The van der Waals surface area contributed by atoms with Crippen molar-refractivity contribution < 1.29 is 19.0 Å². The van der Waals surface area contributed by atoms with Crippen molar-refractivity contribution in [1.82, 2.24) is 15.0 Å². The van der Waals surface area contributed by atoms with Crippen molar-refractivity contribution in [3.05, 3.63) is 47.8 Å². The minimum atomic E-state index is -1.80. The van der Waals surface area contributed by atoms with E-state index >= 15 is 0 Å². The maximum Gasteiger partial charge on any atom is 0.352 e. The van der Waals surface area contributed by atoms with Gasteiger partial charge in [0.05, 0.1) is 18.8 Å². The van der Waals surface area contributed by atoms with Crippen LogP contribution in [-0.2, 0) is 14.2 Å². The average Bonchev–Trinajstić information content (AvgIpc) is 3.09. The van der Waals surface area contributed by atoms with E-state index in [-0.39, 0.29) is 18.3 Å². The number of hydrogen-bond acceptors (Lipinski definition) is 6. The molecule has 2 aromatic rings. The second-order valence-corrected chi connectivity index (χ2v) is 4.88. The van der Waals surface area contributed by atoms with E-state index in [1.165, 1.54) is 25.1 Å². The first-order valence-corrected chi connectivity index (χ1v) is 7.33. The van der Waals surface area contributed by atoms with E-state index < -0.39 is 11.8 Å². The number of rotatable bonds is 8. The van der Waals surface area contributed by atoms with Crippen LogP contribution in [0.15, 0.2) is 36.5 Å². The number of ether oxygens (including phenoxy) is 3. The second kappa shape index (κ2) is 7.45. The molecule has 0 saturated carbocycles. The fourth-order valence-electron chi connectivity index (χ4n) is 2.36. The Kier molecular flexibility index (Phi) is 5.59. The Labute approximate surface area is 135 Å². The molecule has 0 spiro atoms. The zero-order valence-corrected chi connectivity index (χ0v) is 13.7. The third-order valence-corrected chi connectivity index (χ3v) is 3.61. The van der Waals surface area contributed by atoms with Gasteiger partial charge in [-0.25, -0.2) is 4.68 Å². The molecule has 0 amide bonds. The van der Waals surface area contributed by atoms with Crippen molar-refractivity contribution in [2.75, 3.05) is 20.8 Å². The van der Waals surface area contributed by atoms with E-state index in [4.69, 9.17) is 14.2 Å². The fourth-order valence-corrected chi connectivity index (χ4v) is 2.36. The number of ketones is 1. The molecule has 1 aromatic carbocycles. The van der Waals surface area contributed by atoms with Crippen molar-refractivity contribution in [3.8, 4) is 0 Å². The molecule has 1 aromatic heterocycles. The quantitative estimate of drug-likeness (QED) is 0.547. The summed E-state index contributed by atoms with van der Waals surface area (Å²) in [5.74, 6) is -2.29. The first-order valence-electron chi connectivity index (χ1n) is 7.33. The van der Waals surface area contributed by atoms with E-state index in [1.54, 1.807) is 6.92 Å². The first kappa shape index (κ1) is 17.3. The van der Waals surface area contributed by atoms with E-state index in [0.717, 1.165) is 5.56 Å². The van der Waals surface area contributed by atoms with Crippen LogP contribution in [0.1, 0.15) is 35.9 Å². The molecule has 0 bridgehead atoms. The number of hydrogen-bond donors (Lipinski definition) is 0. The fraction of sp³-hybridized carbons (Fsp3) is 0.438.